The Labute approximate surface area is 179 Å². The molecule has 1 aromatic heterocycles. The number of benzene rings is 1. The lowest BCUT2D eigenvalue weighted by atomic mass is 9.95. The van der Waals surface area contributed by atoms with Crippen LogP contribution in [0.15, 0.2) is 52.8 Å². The van der Waals surface area contributed by atoms with E-state index >= 15 is 0 Å². The molecule has 0 radical (unpaired) electrons. The predicted molar refractivity (Wildman–Crippen MR) is 111 cm³/mol. The summed E-state index contributed by atoms with van der Waals surface area (Å²) >= 11 is 15.7. The van der Waals surface area contributed by atoms with E-state index in [1.54, 1.807) is 25.1 Å². The highest BCUT2D eigenvalue weighted by molar-refractivity contribution is 9.09. The number of nitrogens with one attached hydrogen (secondary N) is 1. The van der Waals surface area contributed by atoms with Crippen LogP contribution >= 0.6 is 39.1 Å². The maximum Gasteiger partial charge on any atom is 0.338 e. The van der Waals surface area contributed by atoms with E-state index in [4.69, 9.17) is 27.9 Å². The first kappa shape index (κ1) is 20.8. The van der Waals surface area contributed by atoms with Crippen molar-refractivity contribution >= 4 is 50.9 Å². The average Bonchev–Trinajstić information content (AvgIpc) is 2.67. The Balaban J connectivity index is 2.19. The molecule has 1 aliphatic rings. The maximum atomic E-state index is 14.3. The van der Waals surface area contributed by atoms with E-state index in [1.807, 2.05) is 0 Å². The first-order valence-corrected chi connectivity index (χ1v) is 10.2. The topological polar surface area (TPSA) is 63.6 Å². The zero-order valence-corrected chi connectivity index (χ0v) is 17.8. The van der Waals surface area contributed by atoms with E-state index < -0.39 is 17.8 Å². The summed E-state index contributed by atoms with van der Waals surface area (Å²) < 4.78 is 19.5. The summed E-state index contributed by atoms with van der Waals surface area (Å²) in [5, 5.41) is 4.06. The van der Waals surface area contributed by atoms with Crippen LogP contribution in [0.2, 0.25) is 10.0 Å². The normalized spacial score (nSPS) is 16.5. The first-order chi connectivity index (χ1) is 13.5. The Morgan fingerprint density at radius 3 is 2.79 bits per heavy atom. The van der Waals surface area contributed by atoms with Gasteiger partial charge in [-0.2, -0.15) is 0 Å². The molecule has 1 atom stereocenters. The van der Waals surface area contributed by atoms with Gasteiger partial charge in [0.05, 0.1) is 12.2 Å². The summed E-state index contributed by atoms with van der Waals surface area (Å²) in [4.78, 5) is 21.3. The number of esters is 1. The van der Waals surface area contributed by atoms with Gasteiger partial charge in [-0.05, 0) is 31.2 Å². The Kier molecular flexibility index (Phi) is 6.69. The summed E-state index contributed by atoms with van der Waals surface area (Å²) in [6.07, 6.45) is 1.46. The van der Waals surface area contributed by atoms with Crippen LogP contribution < -0.4 is 5.32 Å². The van der Waals surface area contributed by atoms with Crippen LogP contribution in [-0.2, 0) is 9.53 Å². The fourth-order valence-electron chi connectivity index (χ4n) is 2.78. The SMILES string of the molecule is CCOC(=O)C1=C(CBr)NC(c2ncccc2F)=NC1c1ccc(Cl)cc1Cl. The van der Waals surface area contributed by atoms with Crippen molar-refractivity contribution in [2.24, 2.45) is 4.99 Å². The Morgan fingerprint density at radius 1 is 1.36 bits per heavy atom. The van der Waals surface area contributed by atoms with Gasteiger partial charge in [0.2, 0.25) is 0 Å². The number of ether oxygens (including phenoxy) is 1. The summed E-state index contributed by atoms with van der Waals surface area (Å²) in [6.45, 7) is 1.91. The molecular weight excluding hydrogens is 472 g/mol. The van der Waals surface area contributed by atoms with Gasteiger partial charge in [-0.3, -0.25) is 4.99 Å². The van der Waals surface area contributed by atoms with E-state index in [-0.39, 0.29) is 29.0 Å². The third-order valence-electron chi connectivity index (χ3n) is 3.99. The minimum Gasteiger partial charge on any atom is -0.463 e. The molecule has 1 unspecified atom stereocenters. The minimum absolute atomic E-state index is 0.0407. The highest BCUT2D eigenvalue weighted by Gasteiger charge is 2.33. The summed E-state index contributed by atoms with van der Waals surface area (Å²) in [5.74, 6) is -0.885. The standard InChI is InChI=1S/C19H15BrCl2FN3O2/c1-2-28-19(27)15-14(9-20)25-18(17-13(23)4-3-7-24-17)26-16(15)11-6-5-10(21)8-12(11)22/h3-8,16H,2,9H2,1H3,(H,25,26). The molecule has 0 amide bonds. The highest BCUT2D eigenvalue weighted by Crippen LogP contribution is 2.37. The van der Waals surface area contributed by atoms with Crippen LogP contribution in [0, 0.1) is 5.82 Å². The van der Waals surface area contributed by atoms with Crippen LogP contribution in [0.3, 0.4) is 0 Å². The summed E-state index contributed by atoms with van der Waals surface area (Å²) in [5.41, 5.74) is 1.36. The number of aromatic nitrogens is 1. The van der Waals surface area contributed by atoms with Crippen molar-refractivity contribution in [3.05, 3.63) is 74.9 Å². The van der Waals surface area contributed by atoms with Gasteiger partial charge in [0.15, 0.2) is 11.7 Å². The number of carbonyl (C=O) groups excluding carboxylic acids is 1. The predicted octanol–water partition coefficient (Wildman–Crippen LogP) is 4.83. The number of nitrogens with zero attached hydrogens (tertiary/aromatic N) is 2. The lowest BCUT2D eigenvalue weighted by Gasteiger charge is -2.27. The van der Waals surface area contributed by atoms with E-state index in [0.29, 0.717) is 21.3 Å². The fourth-order valence-corrected chi connectivity index (χ4v) is 3.73. The second-order valence-corrected chi connectivity index (χ2v) is 7.16. The number of alkyl halides is 1. The molecule has 0 bridgehead atoms. The number of hydrogen-bond acceptors (Lipinski definition) is 5. The van der Waals surface area contributed by atoms with Gasteiger partial charge in [-0.15, -0.1) is 0 Å². The molecular formula is C19H15BrCl2FN3O2. The van der Waals surface area contributed by atoms with Crippen molar-refractivity contribution in [2.45, 2.75) is 13.0 Å². The van der Waals surface area contributed by atoms with Crippen LogP contribution in [-0.4, -0.2) is 28.7 Å². The van der Waals surface area contributed by atoms with Crippen LogP contribution in [0.1, 0.15) is 24.2 Å². The molecule has 5 nitrogen and oxygen atoms in total. The van der Waals surface area contributed by atoms with Gasteiger partial charge in [0.25, 0.3) is 0 Å². The van der Waals surface area contributed by atoms with Crippen LogP contribution in [0.4, 0.5) is 4.39 Å². The third kappa shape index (κ3) is 4.21. The van der Waals surface area contributed by atoms with E-state index in [0.717, 1.165) is 0 Å². The number of amidine groups is 1. The molecule has 9 heteroatoms. The smallest absolute Gasteiger partial charge is 0.338 e. The number of aliphatic imine (C=N–C) groups is 1. The van der Waals surface area contributed by atoms with E-state index in [2.05, 4.69) is 31.2 Å². The Bertz CT molecular complexity index is 981. The van der Waals surface area contributed by atoms with Crippen molar-refractivity contribution in [2.75, 3.05) is 11.9 Å². The number of hydrogen-bond donors (Lipinski definition) is 1. The number of carbonyl (C=O) groups is 1. The molecule has 3 rings (SSSR count). The van der Waals surface area contributed by atoms with Crippen LogP contribution in [0.5, 0.6) is 0 Å². The van der Waals surface area contributed by atoms with Gasteiger partial charge in [0.1, 0.15) is 11.7 Å². The van der Waals surface area contributed by atoms with Gasteiger partial charge >= 0.3 is 5.97 Å². The minimum atomic E-state index is -0.811. The van der Waals surface area contributed by atoms with E-state index in [1.165, 1.54) is 18.3 Å². The maximum absolute atomic E-state index is 14.3. The van der Waals surface area contributed by atoms with Gasteiger partial charge in [-0.25, -0.2) is 14.2 Å². The highest BCUT2D eigenvalue weighted by atomic mass is 79.9. The summed E-state index contributed by atoms with van der Waals surface area (Å²) in [6, 6.07) is 6.86. The quantitative estimate of drug-likeness (QED) is 0.485. The van der Waals surface area contributed by atoms with Crippen molar-refractivity contribution in [1.82, 2.24) is 10.3 Å². The zero-order chi connectivity index (χ0) is 20.3. The second-order valence-electron chi connectivity index (χ2n) is 5.75. The lowest BCUT2D eigenvalue weighted by Crippen LogP contribution is -2.35. The Hall–Kier alpha value is -1.96. The monoisotopic (exact) mass is 485 g/mol. The second kappa shape index (κ2) is 9.03. The van der Waals surface area contributed by atoms with Crippen molar-refractivity contribution in [3.63, 3.8) is 0 Å². The number of pyridine rings is 1. The van der Waals surface area contributed by atoms with E-state index in [9.17, 15) is 9.18 Å². The number of rotatable bonds is 5. The molecule has 28 heavy (non-hydrogen) atoms. The number of allylic oxidation sites excluding steroid dienone is 1. The molecule has 0 fully saturated rings. The van der Waals surface area contributed by atoms with Crippen molar-refractivity contribution in [1.29, 1.82) is 0 Å². The van der Waals surface area contributed by atoms with Gasteiger partial charge < -0.3 is 10.1 Å². The van der Waals surface area contributed by atoms with Crippen LogP contribution in [0.25, 0.3) is 0 Å². The molecule has 0 aliphatic carbocycles. The molecule has 146 valence electrons. The van der Waals surface area contributed by atoms with Crippen molar-refractivity contribution < 1.29 is 13.9 Å². The molecule has 0 saturated heterocycles. The molecule has 0 spiro atoms. The summed E-state index contributed by atoms with van der Waals surface area (Å²) in [7, 11) is 0. The molecule has 2 heterocycles. The molecule has 1 aliphatic heterocycles. The molecule has 1 N–H and O–H groups in total. The number of halogens is 4. The third-order valence-corrected chi connectivity index (χ3v) is 5.12. The average molecular weight is 487 g/mol. The zero-order valence-electron chi connectivity index (χ0n) is 14.7. The fraction of sp³-hybridized carbons (Fsp3) is 0.211. The molecule has 0 saturated carbocycles. The van der Waals surface area contributed by atoms with Gasteiger partial charge in [-0.1, -0.05) is 45.2 Å². The first-order valence-electron chi connectivity index (χ1n) is 8.33. The van der Waals surface area contributed by atoms with Gasteiger partial charge in [0, 0.05) is 32.8 Å². The largest absolute Gasteiger partial charge is 0.463 e. The molecule has 2 aromatic rings. The Morgan fingerprint density at radius 2 is 2.14 bits per heavy atom. The lowest BCUT2D eigenvalue weighted by molar-refractivity contribution is -0.138. The molecule has 1 aromatic carbocycles. The van der Waals surface area contributed by atoms with Crippen molar-refractivity contribution in [3.8, 4) is 0 Å².